The summed E-state index contributed by atoms with van der Waals surface area (Å²) in [7, 11) is 1.98. The fourth-order valence-electron chi connectivity index (χ4n) is 4.16. The van der Waals surface area contributed by atoms with E-state index >= 15 is 0 Å². The number of benzene rings is 2. The molecular weight excluding hydrogens is 444 g/mol. The van der Waals surface area contributed by atoms with Crippen LogP contribution in [0, 0.1) is 0 Å². The van der Waals surface area contributed by atoms with Gasteiger partial charge in [-0.05, 0) is 30.3 Å². The molecule has 1 aliphatic heterocycles. The average molecular weight is 475 g/mol. The lowest BCUT2D eigenvalue weighted by Gasteiger charge is -2.28. The number of carbonyl (C=O) groups excluding carboxylic acids is 1. The zero-order valence-corrected chi connectivity index (χ0v) is 20.6. The summed E-state index contributed by atoms with van der Waals surface area (Å²) in [5, 5.41) is 2.35. The van der Waals surface area contributed by atoms with Crippen molar-refractivity contribution in [3.05, 3.63) is 72.1 Å². The smallest absolute Gasteiger partial charge is 0.146 e. The summed E-state index contributed by atoms with van der Waals surface area (Å²) in [6, 6.07) is 16.5. The van der Waals surface area contributed by atoms with Gasteiger partial charge in [0.2, 0.25) is 0 Å². The number of fused-ring (bicyclic) bond motifs is 3. The molecule has 1 aliphatic rings. The molecule has 6 nitrogen and oxygen atoms in total. The van der Waals surface area contributed by atoms with E-state index < -0.39 is 0 Å². The third-order valence-electron chi connectivity index (χ3n) is 5.73. The van der Waals surface area contributed by atoms with Crippen molar-refractivity contribution in [2.45, 2.75) is 13.8 Å². The molecule has 1 saturated heterocycles. The summed E-state index contributed by atoms with van der Waals surface area (Å²) in [4.78, 5) is 18.4. The lowest BCUT2D eigenvalue weighted by molar-refractivity contribution is -0.104. The number of nitrogens with zero attached hydrogens (tertiary/aromatic N) is 3. The van der Waals surface area contributed by atoms with Gasteiger partial charge in [-0.3, -0.25) is 4.79 Å². The highest BCUT2D eigenvalue weighted by Gasteiger charge is 2.16. The maximum atomic E-state index is 11.4. The number of anilines is 1. The molecule has 4 aromatic rings. The first-order valence-electron chi connectivity index (χ1n) is 11.6. The Morgan fingerprint density at radius 1 is 1.06 bits per heavy atom. The van der Waals surface area contributed by atoms with Crippen molar-refractivity contribution in [2.75, 3.05) is 32.0 Å². The van der Waals surface area contributed by atoms with E-state index in [1.54, 1.807) is 11.3 Å². The minimum Gasteiger partial charge on any atom is -0.399 e. The maximum absolute atomic E-state index is 11.4. The number of aryl methyl sites for hydroxylation is 1. The normalized spacial score (nSPS) is 14.9. The summed E-state index contributed by atoms with van der Waals surface area (Å²) < 4.78 is 9.87. The number of aldehydes is 1. The number of aromatic nitrogens is 1. The van der Waals surface area contributed by atoms with Crippen molar-refractivity contribution < 1.29 is 9.53 Å². The third-order valence-corrected chi connectivity index (χ3v) is 6.95. The van der Waals surface area contributed by atoms with Crippen LogP contribution in [0.1, 0.15) is 13.8 Å². The number of thiophene rings is 1. The van der Waals surface area contributed by atoms with E-state index in [1.807, 2.05) is 49.9 Å². The van der Waals surface area contributed by atoms with E-state index in [9.17, 15) is 4.79 Å². The lowest BCUT2D eigenvalue weighted by atomic mass is 10.0. The van der Waals surface area contributed by atoms with E-state index in [0.717, 1.165) is 28.6 Å². The number of pyridine rings is 1. The van der Waals surface area contributed by atoms with Crippen LogP contribution < -0.4 is 11.2 Å². The average Bonchev–Trinajstić information content (AvgIpc) is 3.24. The van der Waals surface area contributed by atoms with Gasteiger partial charge in [-0.1, -0.05) is 32.0 Å². The minimum absolute atomic E-state index is 0.629. The van der Waals surface area contributed by atoms with Gasteiger partial charge in [0.25, 0.3) is 0 Å². The first-order valence-corrected chi connectivity index (χ1v) is 12.4. The largest absolute Gasteiger partial charge is 0.399 e. The van der Waals surface area contributed by atoms with Gasteiger partial charge in [0, 0.05) is 69.4 Å². The molecule has 3 heterocycles. The Balaban J connectivity index is 0.00000133. The molecule has 2 aromatic heterocycles. The van der Waals surface area contributed by atoms with E-state index in [4.69, 9.17) is 15.5 Å². The highest BCUT2D eigenvalue weighted by atomic mass is 32.1. The number of allylic oxidation sites excluding steroid dienone is 1. The van der Waals surface area contributed by atoms with Crippen LogP contribution in [0.5, 0.6) is 0 Å². The van der Waals surface area contributed by atoms with Gasteiger partial charge < -0.3 is 19.9 Å². The monoisotopic (exact) mass is 474 g/mol. The number of ether oxygens (including phenoxy) is 1. The molecule has 0 radical (unpaired) electrons. The summed E-state index contributed by atoms with van der Waals surface area (Å²) >= 11 is 1.76. The topological polar surface area (TPSA) is 72.9 Å². The molecule has 5 rings (SSSR count). The van der Waals surface area contributed by atoms with Gasteiger partial charge >= 0.3 is 0 Å². The SMILES string of the molecule is CC.Cn1cccc(-c2cccc3c2sc2ccc(N)cc23)/c1=N/C(=C\C=O)N1CCOCC1. The van der Waals surface area contributed by atoms with Gasteiger partial charge in [-0.2, -0.15) is 0 Å². The standard InChI is InChI=1S/C25H24N4O2S.C2H6/c1-28-10-3-6-20(25(28)27-23(9-13-30)29-11-14-31-15-12-29)18-4-2-5-19-21-16-17(26)7-8-22(21)32-24(18)19;1-2/h2-10,13,16H,11-12,14-15,26H2,1H3;1-2H3/b23-9+,27-25-;. The summed E-state index contributed by atoms with van der Waals surface area (Å²) in [5.41, 5.74) is 9.76. The van der Waals surface area contributed by atoms with Gasteiger partial charge in [0.15, 0.2) is 0 Å². The zero-order valence-electron chi connectivity index (χ0n) is 19.8. The van der Waals surface area contributed by atoms with E-state index in [0.29, 0.717) is 32.1 Å². The van der Waals surface area contributed by atoms with Gasteiger partial charge in [-0.15, -0.1) is 11.3 Å². The minimum atomic E-state index is 0.629. The molecule has 0 spiro atoms. The Morgan fingerprint density at radius 3 is 2.59 bits per heavy atom. The molecule has 2 aromatic carbocycles. The van der Waals surface area contributed by atoms with Gasteiger partial charge in [0.1, 0.15) is 17.6 Å². The first-order chi connectivity index (χ1) is 16.7. The third kappa shape index (κ3) is 4.62. The first kappa shape index (κ1) is 23.7. The number of nitrogens with two attached hydrogens (primary N) is 1. The highest BCUT2D eigenvalue weighted by molar-refractivity contribution is 7.26. The van der Waals surface area contributed by atoms with Crippen molar-refractivity contribution in [1.29, 1.82) is 0 Å². The van der Waals surface area contributed by atoms with Gasteiger partial charge in [0.05, 0.1) is 13.2 Å². The second-order valence-corrected chi connectivity index (χ2v) is 8.82. The van der Waals surface area contributed by atoms with Crippen LogP contribution >= 0.6 is 11.3 Å². The van der Waals surface area contributed by atoms with Crippen LogP contribution in [0.15, 0.2) is 71.6 Å². The summed E-state index contributed by atoms with van der Waals surface area (Å²) in [5.74, 6) is 0.655. The Labute approximate surface area is 203 Å². The molecule has 0 unspecified atom stereocenters. The molecule has 2 N–H and O–H groups in total. The second kappa shape index (κ2) is 10.7. The number of hydrogen-bond acceptors (Lipinski definition) is 6. The van der Waals surface area contributed by atoms with Crippen molar-refractivity contribution in [2.24, 2.45) is 12.0 Å². The number of hydrogen-bond donors (Lipinski definition) is 1. The fraction of sp³-hybridized carbons (Fsp3) is 0.259. The number of carbonyl (C=O) groups is 1. The second-order valence-electron chi connectivity index (χ2n) is 7.77. The number of morpholine rings is 1. The van der Waals surface area contributed by atoms with Crippen molar-refractivity contribution in [3.63, 3.8) is 0 Å². The Bertz CT molecular complexity index is 1410. The molecular formula is C27H30N4O2S. The molecule has 0 atom stereocenters. The highest BCUT2D eigenvalue weighted by Crippen LogP contribution is 2.39. The predicted molar refractivity (Wildman–Crippen MR) is 142 cm³/mol. The Morgan fingerprint density at radius 2 is 1.82 bits per heavy atom. The molecule has 1 fully saturated rings. The van der Waals surface area contributed by atoms with Crippen LogP contribution in [0.2, 0.25) is 0 Å². The zero-order chi connectivity index (χ0) is 24.1. The van der Waals surface area contributed by atoms with E-state index in [2.05, 4.69) is 35.2 Å². The quantitative estimate of drug-likeness (QED) is 0.258. The van der Waals surface area contributed by atoms with Crippen molar-refractivity contribution >= 4 is 43.5 Å². The molecule has 176 valence electrons. The summed E-state index contributed by atoms with van der Waals surface area (Å²) in [6.07, 6.45) is 4.31. The molecule has 0 amide bonds. The predicted octanol–water partition coefficient (Wildman–Crippen LogP) is 4.94. The fourth-order valence-corrected chi connectivity index (χ4v) is 5.37. The van der Waals surface area contributed by atoms with E-state index in [-0.39, 0.29) is 0 Å². The molecule has 0 bridgehead atoms. The Hall–Kier alpha value is -3.42. The van der Waals surface area contributed by atoms with Crippen LogP contribution in [0.3, 0.4) is 0 Å². The van der Waals surface area contributed by atoms with Crippen LogP contribution in [-0.4, -0.2) is 42.1 Å². The molecule has 0 saturated carbocycles. The lowest BCUT2D eigenvalue weighted by Crippen LogP contribution is -2.36. The number of nitrogen functional groups attached to an aromatic ring is 1. The number of rotatable bonds is 4. The van der Waals surface area contributed by atoms with Crippen LogP contribution in [0.4, 0.5) is 5.69 Å². The molecule has 7 heteroatoms. The van der Waals surface area contributed by atoms with Crippen molar-refractivity contribution in [3.8, 4) is 11.1 Å². The molecule has 0 aliphatic carbocycles. The van der Waals surface area contributed by atoms with Gasteiger partial charge in [-0.25, -0.2) is 4.99 Å². The van der Waals surface area contributed by atoms with E-state index in [1.165, 1.54) is 26.2 Å². The maximum Gasteiger partial charge on any atom is 0.146 e. The summed E-state index contributed by atoms with van der Waals surface area (Å²) in [6.45, 7) is 6.68. The van der Waals surface area contributed by atoms with Crippen molar-refractivity contribution in [1.82, 2.24) is 9.47 Å². The Kier molecular flexibility index (Phi) is 7.45. The van der Waals surface area contributed by atoms with Crippen LogP contribution in [0.25, 0.3) is 31.3 Å². The van der Waals surface area contributed by atoms with Crippen LogP contribution in [-0.2, 0) is 16.6 Å². The molecule has 34 heavy (non-hydrogen) atoms.